The third-order valence-electron chi connectivity index (χ3n) is 3.35. The minimum absolute atomic E-state index is 0.00276. The minimum atomic E-state index is -0.477. The Kier molecular flexibility index (Phi) is 6.11. The molecule has 2 rings (SSSR count). The zero-order valence-corrected chi connectivity index (χ0v) is 13.6. The molecule has 0 aliphatic heterocycles. The van der Waals surface area contributed by atoms with Gasteiger partial charge in [0, 0.05) is 37.7 Å². The molecule has 7 nitrogen and oxygen atoms in total. The van der Waals surface area contributed by atoms with E-state index in [-0.39, 0.29) is 17.4 Å². The normalized spacial score (nSPS) is 10.6. The number of allylic oxidation sites excluding steroid dienone is 1. The number of pyridine rings is 1. The molecule has 2 aromatic rings. The zero-order valence-electron chi connectivity index (χ0n) is 13.6. The number of carbonyl (C=O) groups excluding carboxylic acids is 2. The maximum absolute atomic E-state index is 12.2. The number of aromatic nitrogens is 1. The van der Waals surface area contributed by atoms with Crippen LogP contribution in [0.1, 0.15) is 28.7 Å². The number of nitrogens with zero attached hydrogens (tertiary/aromatic N) is 2. The van der Waals surface area contributed by atoms with E-state index in [1.807, 2.05) is 0 Å². The van der Waals surface area contributed by atoms with Gasteiger partial charge >= 0.3 is 0 Å². The Labute approximate surface area is 144 Å². The van der Waals surface area contributed by atoms with Crippen molar-refractivity contribution in [2.75, 3.05) is 6.54 Å². The van der Waals surface area contributed by atoms with Gasteiger partial charge in [0.05, 0.1) is 4.92 Å². The van der Waals surface area contributed by atoms with Crippen molar-refractivity contribution >= 4 is 23.5 Å². The van der Waals surface area contributed by atoms with Crippen molar-refractivity contribution in [2.45, 2.75) is 13.3 Å². The molecule has 0 aliphatic rings. The lowest BCUT2D eigenvalue weighted by molar-refractivity contribution is -0.384. The number of nitrogens with one attached hydrogen (secondary N) is 1. The molecule has 1 N–H and O–H groups in total. The SMILES string of the molecule is CC(=O)NCCc1cccc(C(=O)C=Cc2ccc([N+](=O)[O-])cc2)n1. The van der Waals surface area contributed by atoms with Gasteiger partial charge in [0.1, 0.15) is 5.69 Å². The van der Waals surface area contributed by atoms with Crippen LogP contribution in [0.25, 0.3) is 6.08 Å². The number of hydrogen-bond acceptors (Lipinski definition) is 5. The highest BCUT2D eigenvalue weighted by Gasteiger charge is 2.06. The van der Waals surface area contributed by atoms with Crippen molar-refractivity contribution in [2.24, 2.45) is 0 Å². The molecule has 25 heavy (non-hydrogen) atoms. The van der Waals surface area contributed by atoms with E-state index < -0.39 is 4.92 Å². The molecule has 1 aromatic heterocycles. The van der Waals surface area contributed by atoms with Gasteiger partial charge in [-0.05, 0) is 35.9 Å². The van der Waals surface area contributed by atoms with E-state index in [1.54, 1.807) is 36.4 Å². The number of carbonyl (C=O) groups is 2. The summed E-state index contributed by atoms with van der Waals surface area (Å²) in [7, 11) is 0. The van der Waals surface area contributed by atoms with Crippen LogP contribution in [0, 0.1) is 10.1 Å². The van der Waals surface area contributed by atoms with Crippen LogP contribution < -0.4 is 5.32 Å². The maximum Gasteiger partial charge on any atom is 0.269 e. The summed E-state index contributed by atoms with van der Waals surface area (Å²) in [5, 5.41) is 13.3. The molecular formula is C18H17N3O4. The Balaban J connectivity index is 2.02. The van der Waals surface area contributed by atoms with Crippen molar-refractivity contribution in [3.8, 4) is 0 Å². The highest BCUT2D eigenvalue weighted by molar-refractivity contribution is 6.05. The second-order valence-corrected chi connectivity index (χ2v) is 5.29. The van der Waals surface area contributed by atoms with Crippen molar-refractivity contribution in [1.82, 2.24) is 10.3 Å². The number of rotatable bonds is 7. The molecule has 0 saturated heterocycles. The van der Waals surface area contributed by atoms with E-state index in [4.69, 9.17) is 0 Å². The first-order chi connectivity index (χ1) is 12.0. The Morgan fingerprint density at radius 3 is 2.56 bits per heavy atom. The molecule has 0 spiro atoms. The number of hydrogen-bond donors (Lipinski definition) is 1. The summed E-state index contributed by atoms with van der Waals surface area (Å²) >= 11 is 0. The van der Waals surface area contributed by atoms with E-state index in [9.17, 15) is 19.7 Å². The summed E-state index contributed by atoms with van der Waals surface area (Å²) in [5.74, 6) is -0.377. The first-order valence-corrected chi connectivity index (χ1v) is 7.63. The molecule has 0 fully saturated rings. The predicted octanol–water partition coefficient (Wildman–Crippen LogP) is 2.56. The average molecular weight is 339 g/mol. The monoisotopic (exact) mass is 339 g/mol. The molecule has 1 aromatic carbocycles. The molecule has 1 amide bonds. The van der Waals surface area contributed by atoms with Crippen molar-refractivity contribution < 1.29 is 14.5 Å². The highest BCUT2D eigenvalue weighted by atomic mass is 16.6. The summed E-state index contributed by atoms with van der Waals surface area (Å²) in [6, 6.07) is 11.0. The van der Waals surface area contributed by atoms with Crippen LogP contribution >= 0.6 is 0 Å². The van der Waals surface area contributed by atoms with Gasteiger partial charge in [-0.2, -0.15) is 0 Å². The first kappa shape index (κ1) is 18.0. The Morgan fingerprint density at radius 2 is 1.92 bits per heavy atom. The summed E-state index contributed by atoms with van der Waals surface area (Å²) < 4.78 is 0. The largest absolute Gasteiger partial charge is 0.356 e. The van der Waals surface area contributed by atoms with Crippen LogP contribution in [0.3, 0.4) is 0 Å². The number of nitro groups is 1. The van der Waals surface area contributed by atoms with Gasteiger partial charge in [0.25, 0.3) is 5.69 Å². The number of ketones is 1. The summed E-state index contributed by atoms with van der Waals surface area (Å²) in [6.45, 7) is 1.90. The van der Waals surface area contributed by atoms with Crippen LogP contribution in [0.5, 0.6) is 0 Å². The number of nitro benzene ring substituents is 1. The van der Waals surface area contributed by atoms with E-state index in [1.165, 1.54) is 25.1 Å². The van der Waals surface area contributed by atoms with E-state index >= 15 is 0 Å². The third-order valence-corrected chi connectivity index (χ3v) is 3.35. The van der Waals surface area contributed by atoms with Crippen LogP contribution in [-0.2, 0) is 11.2 Å². The second kappa shape index (κ2) is 8.49. The standard InChI is InChI=1S/C18H17N3O4/c1-13(22)19-12-11-15-3-2-4-17(20-15)18(23)10-7-14-5-8-16(9-6-14)21(24)25/h2-10H,11-12H2,1H3,(H,19,22). The van der Waals surface area contributed by atoms with Crippen molar-refractivity contribution in [3.05, 3.63) is 75.6 Å². The summed E-state index contributed by atoms with van der Waals surface area (Å²) in [6.07, 6.45) is 3.49. The molecule has 0 bridgehead atoms. The van der Waals surface area contributed by atoms with Gasteiger partial charge in [0.15, 0.2) is 0 Å². The number of non-ortho nitro benzene ring substituents is 1. The molecular weight excluding hydrogens is 322 g/mol. The van der Waals surface area contributed by atoms with Crippen LogP contribution in [0.2, 0.25) is 0 Å². The number of amides is 1. The Bertz CT molecular complexity index is 813. The van der Waals surface area contributed by atoms with E-state index in [2.05, 4.69) is 10.3 Å². The lowest BCUT2D eigenvalue weighted by Crippen LogP contribution is -2.22. The van der Waals surface area contributed by atoms with Gasteiger partial charge in [0.2, 0.25) is 11.7 Å². The van der Waals surface area contributed by atoms with Crippen LogP contribution in [0.4, 0.5) is 5.69 Å². The summed E-state index contributed by atoms with van der Waals surface area (Å²) in [5.41, 5.74) is 1.69. The van der Waals surface area contributed by atoms with E-state index in [0.29, 0.717) is 29.9 Å². The maximum atomic E-state index is 12.2. The van der Waals surface area contributed by atoms with Gasteiger partial charge in [-0.25, -0.2) is 4.98 Å². The fourth-order valence-corrected chi connectivity index (χ4v) is 2.09. The van der Waals surface area contributed by atoms with Gasteiger partial charge in [-0.1, -0.05) is 12.1 Å². The quantitative estimate of drug-likeness (QED) is 0.361. The molecule has 1 heterocycles. The second-order valence-electron chi connectivity index (χ2n) is 5.29. The fourth-order valence-electron chi connectivity index (χ4n) is 2.09. The first-order valence-electron chi connectivity index (χ1n) is 7.63. The third kappa shape index (κ3) is 5.65. The molecule has 0 radical (unpaired) electrons. The lowest BCUT2D eigenvalue weighted by atomic mass is 10.1. The number of benzene rings is 1. The van der Waals surface area contributed by atoms with Gasteiger partial charge < -0.3 is 5.32 Å². The lowest BCUT2D eigenvalue weighted by Gasteiger charge is -2.03. The zero-order chi connectivity index (χ0) is 18.2. The minimum Gasteiger partial charge on any atom is -0.356 e. The van der Waals surface area contributed by atoms with Crippen LogP contribution in [-0.4, -0.2) is 28.1 Å². The smallest absolute Gasteiger partial charge is 0.269 e. The van der Waals surface area contributed by atoms with Crippen LogP contribution in [0.15, 0.2) is 48.5 Å². The van der Waals surface area contributed by atoms with Crippen molar-refractivity contribution in [3.63, 3.8) is 0 Å². The predicted molar refractivity (Wildman–Crippen MR) is 93.1 cm³/mol. The highest BCUT2D eigenvalue weighted by Crippen LogP contribution is 2.13. The molecule has 0 unspecified atom stereocenters. The molecule has 0 aliphatic carbocycles. The summed E-state index contributed by atoms with van der Waals surface area (Å²) in [4.78, 5) is 37.5. The fraction of sp³-hybridized carbons (Fsp3) is 0.167. The molecule has 0 atom stereocenters. The topological polar surface area (TPSA) is 102 Å². The molecule has 128 valence electrons. The molecule has 0 saturated carbocycles. The Morgan fingerprint density at radius 1 is 1.20 bits per heavy atom. The average Bonchev–Trinajstić information content (AvgIpc) is 2.60. The Hall–Kier alpha value is -3.35. The van der Waals surface area contributed by atoms with E-state index in [0.717, 1.165) is 0 Å². The molecule has 7 heteroatoms. The van der Waals surface area contributed by atoms with Crippen molar-refractivity contribution in [1.29, 1.82) is 0 Å². The van der Waals surface area contributed by atoms with Gasteiger partial charge in [-0.15, -0.1) is 0 Å². The van der Waals surface area contributed by atoms with Gasteiger partial charge in [-0.3, -0.25) is 19.7 Å².